The van der Waals surface area contributed by atoms with Gasteiger partial charge >= 0.3 is 5.97 Å². The third-order valence-electron chi connectivity index (χ3n) is 3.99. The lowest BCUT2D eigenvalue weighted by Gasteiger charge is -2.21. The van der Waals surface area contributed by atoms with Crippen LogP contribution >= 0.6 is 0 Å². The van der Waals surface area contributed by atoms with E-state index in [0.29, 0.717) is 12.8 Å². The molecule has 8 heteroatoms. The fourth-order valence-corrected chi connectivity index (χ4v) is 2.61. The summed E-state index contributed by atoms with van der Waals surface area (Å²) in [4.78, 5) is 28.2. The Balaban J connectivity index is 1.66. The molecule has 1 N–H and O–H groups in total. The van der Waals surface area contributed by atoms with Gasteiger partial charge in [0.05, 0.1) is 19.4 Å². The first kappa shape index (κ1) is 19.2. The number of nitrogens with one attached hydrogen (secondary N) is 1. The van der Waals surface area contributed by atoms with Crippen LogP contribution < -0.4 is 10.1 Å². The number of oxime groups is 1. The number of carbonyl (C=O) groups excluding carboxylic acids is 2. The Morgan fingerprint density at radius 2 is 1.96 bits per heavy atom. The van der Waals surface area contributed by atoms with Crippen molar-refractivity contribution in [3.05, 3.63) is 29.8 Å². The Morgan fingerprint density at radius 1 is 1.27 bits per heavy atom. The van der Waals surface area contributed by atoms with Gasteiger partial charge in [-0.1, -0.05) is 5.16 Å². The van der Waals surface area contributed by atoms with Crippen LogP contribution in [0.2, 0.25) is 0 Å². The van der Waals surface area contributed by atoms with E-state index in [1.54, 1.807) is 31.4 Å². The van der Waals surface area contributed by atoms with Crippen LogP contribution in [0.3, 0.4) is 0 Å². The minimum absolute atomic E-state index is 0.413. The predicted molar refractivity (Wildman–Crippen MR) is 92.5 cm³/mol. The molecule has 0 unspecified atom stereocenters. The van der Waals surface area contributed by atoms with Crippen LogP contribution in [0.25, 0.3) is 0 Å². The first-order valence-electron chi connectivity index (χ1n) is 8.24. The smallest absolute Gasteiger partial charge is 0.347 e. The zero-order chi connectivity index (χ0) is 18.8. The van der Waals surface area contributed by atoms with E-state index in [2.05, 4.69) is 16.5 Å². The van der Waals surface area contributed by atoms with Crippen LogP contribution in [-0.4, -0.2) is 44.0 Å². The van der Waals surface area contributed by atoms with E-state index in [4.69, 9.17) is 14.3 Å². The number of ether oxygens (including phenoxy) is 2. The molecule has 1 aromatic rings. The maximum atomic E-state index is 11.8. The molecule has 0 saturated heterocycles. The molecule has 0 radical (unpaired) electrons. The lowest BCUT2D eigenvalue weighted by molar-refractivity contribution is -0.153. The number of rotatable bonds is 8. The van der Waals surface area contributed by atoms with Gasteiger partial charge < -0.3 is 19.6 Å². The summed E-state index contributed by atoms with van der Waals surface area (Å²) >= 11 is 0. The van der Waals surface area contributed by atoms with E-state index in [-0.39, 0.29) is 0 Å². The van der Waals surface area contributed by atoms with Gasteiger partial charge in [-0.05, 0) is 55.5 Å². The normalized spacial score (nSPS) is 15.2. The van der Waals surface area contributed by atoms with Crippen molar-refractivity contribution in [3.63, 3.8) is 0 Å². The van der Waals surface area contributed by atoms with E-state index in [1.807, 2.05) is 0 Å². The predicted octanol–water partition coefficient (Wildman–Crippen LogP) is 1.54. The molecule has 1 aromatic carbocycles. The number of nitriles is 1. The maximum absolute atomic E-state index is 11.8. The number of benzene rings is 1. The third-order valence-corrected chi connectivity index (χ3v) is 3.99. The van der Waals surface area contributed by atoms with Crippen molar-refractivity contribution in [1.29, 1.82) is 5.26 Å². The second-order valence-electron chi connectivity index (χ2n) is 5.89. The van der Waals surface area contributed by atoms with E-state index in [0.717, 1.165) is 24.2 Å². The number of hydrogen-bond acceptors (Lipinski definition) is 7. The molecule has 26 heavy (non-hydrogen) atoms. The topological polar surface area (TPSA) is 110 Å². The van der Waals surface area contributed by atoms with Gasteiger partial charge in [0.25, 0.3) is 5.91 Å². The van der Waals surface area contributed by atoms with Crippen molar-refractivity contribution in [2.24, 2.45) is 5.16 Å². The van der Waals surface area contributed by atoms with Crippen LogP contribution in [0, 0.1) is 11.3 Å². The van der Waals surface area contributed by atoms with Gasteiger partial charge in [0.2, 0.25) is 6.61 Å². The second kappa shape index (κ2) is 9.42. The molecule has 1 aliphatic carbocycles. The molecule has 0 atom stereocenters. The van der Waals surface area contributed by atoms with E-state index in [9.17, 15) is 14.9 Å². The number of esters is 1. The highest BCUT2D eigenvalue weighted by Gasteiger charge is 2.35. The van der Waals surface area contributed by atoms with Gasteiger partial charge in [-0.3, -0.25) is 4.79 Å². The van der Waals surface area contributed by atoms with Gasteiger partial charge in [0, 0.05) is 0 Å². The number of hydrogen-bond donors (Lipinski definition) is 1. The first-order valence-corrected chi connectivity index (χ1v) is 8.24. The average Bonchev–Trinajstić information content (AvgIpc) is 3.13. The second-order valence-corrected chi connectivity index (χ2v) is 5.89. The zero-order valence-electron chi connectivity index (χ0n) is 14.6. The number of carbonyl (C=O) groups is 2. The molecule has 2 rings (SSSR count). The highest BCUT2D eigenvalue weighted by Crippen LogP contribution is 2.28. The van der Waals surface area contributed by atoms with Crippen molar-refractivity contribution in [1.82, 2.24) is 5.32 Å². The minimum atomic E-state index is -0.831. The highest BCUT2D eigenvalue weighted by atomic mass is 16.7. The standard InChI is InChI=1S/C18H21N3O5/c1-24-15-6-4-14(5-7-15)10-20-26-12-17(23)25-11-16(22)21-18(13-19)8-2-3-9-18/h4-7,10H,2-3,8-9,11-12H2,1H3,(H,21,22)/b20-10+. The molecule has 0 spiro atoms. The van der Waals surface area contributed by atoms with E-state index >= 15 is 0 Å². The molecule has 8 nitrogen and oxygen atoms in total. The summed E-state index contributed by atoms with van der Waals surface area (Å²) in [6.45, 7) is -0.864. The van der Waals surface area contributed by atoms with E-state index < -0.39 is 30.6 Å². The Bertz CT molecular complexity index is 688. The lowest BCUT2D eigenvalue weighted by Crippen LogP contribution is -2.46. The number of methoxy groups -OCH3 is 1. The van der Waals surface area contributed by atoms with Gasteiger partial charge in [-0.25, -0.2) is 4.79 Å². The summed E-state index contributed by atoms with van der Waals surface area (Å²) in [7, 11) is 1.58. The molecule has 1 amide bonds. The molecule has 0 aromatic heterocycles. The summed E-state index contributed by atoms with van der Waals surface area (Å²) in [6, 6.07) is 9.24. The largest absolute Gasteiger partial charge is 0.497 e. The lowest BCUT2D eigenvalue weighted by atomic mass is 10.00. The Morgan fingerprint density at radius 3 is 2.58 bits per heavy atom. The van der Waals surface area contributed by atoms with Crippen molar-refractivity contribution in [2.75, 3.05) is 20.3 Å². The third kappa shape index (κ3) is 5.77. The zero-order valence-corrected chi connectivity index (χ0v) is 14.6. The monoisotopic (exact) mass is 359 g/mol. The number of amides is 1. The Kier molecular flexibility index (Phi) is 6.97. The summed E-state index contributed by atoms with van der Waals surface area (Å²) in [5, 5.41) is 15.5. The average molecular weight is 359 g/mol. The quantitative estimate of drug-likeness (QED) is 0.428. The molecule has 0 bridgehead atoms. The summed E-state index contributed by atoms with van der Waals surface area (Å²) in [6.07, 6.45) is 4.47. The van der Waals surface area contributed by atoms with Crippen molar-refractivity contribution < 1.29 is 23.9 Å². The fraction of sp³-hybridized carbons (Fsp3) is 0.444. The SMILES string of the molecule is COc1ccc(/C=N/OCC(=O)OCC(=O)NC2(C#N)CCCC2)cc1. The Labute approximate surface area is 151 Å². The fourth-order valence-electron chi connectivity index (χ4n) is 2.61. The summed E-state index contributed by atoms with van der Waals surface area (Å²) in [5.74, 6) is -0.492. The molecule has 1 aliphatic rings. The highest BCUT2D eigenvalue weighted by molar-refractivity contribution is 5.82. The minimum Gasteiger partial charge on any atom is -0.497 e. The summed E-state index contributed by atoms with van der Waals surface area (Å²) < 4.78 is 9.85. The van der Waals surface area contributed by atoms with Crippen molar-refractivity contribution in [2.45, 2.75) is 31.2 Å². The molecule has 1 saturated carbocycles. The molecule has 0 aliphatic heterocycles. The van der Waals surface area contributed by atoms with Crippen LogP contribution in [-0.2, 0) is 19.2 Å². The molecule has 138 valence electrons. The van der Waals surface area contributed by atoms with Gasteiger partial charge in [0.1, 0.15) is 11.3 Å². The molecular weight excluding hydrogens is 338 g/mol. The van der Waals surface area contributed by atoms with Crippen molar-refractivity contribution in [3.8, 4) is 11.8 Å². The molecule has 1 fully saturated rings. The van der Waals surface area contributed by atoms with Crippen LogP contribution in [0.1, 0.15) is 31.2 Å². The van der Waals surface area contributed by atoms with Gasteiger partial charge in [-0.2, -0.15) is 5.26 Å². The van der Waals surface area contributed by atoms with Gasteiger partial charge in [0.15, 0.2) is 6.61 Å². The van der Waals surface area contributed by atoms with Crippen LogP contribution in [0.4, 0.5) is 0 Å². The maximum Gasteiger partial charge on any atom is 0.347 e. The molecular formula is C18H21N3O5. The summed E-state index contributed by atoms with van der Waals surface area (Å²) in [5.41, 5.74) is -0.0558. The van der Waals surface area contributed by atoms with Gasteiger partial charge in [-0.15, -0.1) is 0 Å². The molecule has 0 heterocycles. The van der Waals surface area contributed by atoms with Crippen molar-refractivity contribution >= 4 is 18.1 Å². The first-order chi connectivity index (χ1) is 12.6. The number of nitrogens with zero attached hydrogens (tertiary/aromatic N) is 2. The Hall–Kier alpha value is -3.08. The van der Waals surface area contributed by atoms with E-state index in [1.165, 1.54) is 6.21 Å². The van der Waals surface area contributed by atoms with Crippen LogP contribution in [0.5, 0.6) is 5.75 Å². The van der Waals surface area contributed by atoms with Crippen LogP contribution in [0.15, 0.2) is 29.4 Å².